The highest BCUT2D eigenvalue weighted by atomic mass is 32.1. The maximum atomic E-state index is 3.52. The van der Waals surface area contributed by atoms with Gasteiger partial charge in [-0.25, -0.2) is 0 Å². The highest BCUT2D eigenvalue weighted by Crippen LogP contribution is 2.39. The van der Waals surface area contributed by atoms with Gasteiger partial charge >= 0.3 is 0 Å². The van der Waals surface area contributed by atoms with Crippen LogP contribution in [-0.4, -0.2) is 0 Å². The molecule has 2 heterocycles. The summed E-state index contributed by atoms with van der Waals surface area (Å²) < 4.78 is 2.65. The Labute approximate surface area is 113 Å². The van der Waals surface area contributed by atoms with Crippen LogP contribution in [0.5, 0.6) is 0 Å². The zero-order chi connectivity index (χ0) is 11.9. The van der Waals surface area contributed by atoms with E-state index < -0.39 is 0 Å². The molecule has 0 aliphatic rings. The summed E-state index contributed by atoms with van der Waals surface area (Å²) in [6.07, 6.45) is 0. The van der Waals surface area contributed by atoms with E-state index in [1.54, 1.807) is 11.3 Å². The minimum absolute atomic E-state index is 1.22. The standard InChI is InChI=1S/C16H9S2/c1-3-7-14-11(5-1)9-16(18-14)13-10-17-15-8-4-2-6-12(13)15/h1-8,10H. The molecule has 0 fully saturated rings. The number of fused-ring (bicyclic) bond motifs is 2. The van der Waals surface area contributed by atoms with Gasteiger partial charge in [0.15, 0.2) is 0 Å². The Morgan fingerprint density at radius 1 is 0.833 bits per heavy atom. The molecule has 0 bridgehead atoms. The molecule has 0 nitrogen and oxygen atoms in total. The van der Waals surface area contributed by atoms with Gasteiger partial charge in [0.2, 0.25) is 0 Å². The zero-order valence-corrected chi connectivity index (χ0v) is 11.1. The van der Waals surface area contributed by atoms with Crippen molar-refractivity contribution in [1.82, 2.24) is 0 Å². The SMILES string of the molecule is [c]1c(-c2csc3ccccc23)sc2ccccc12. The third-order valence-corrected chi connectivity index (χ3v) is 5.14. The normalized spacial score (nSPS) is 11.3. The van der Waals surface area contributed by atoms with Crippen molar-refractivity contribution >= 4 is 42.8 Å². The Balaban J connectivity index is 2.01. The predicted molar refractivity (Wildman–Crippen MR) is 81.5 cm³/mol. The molecule has 4 aromatic rings. The fourth-order valence-electron chi connectivity index (χ4n) is 2.19. The van der Waals surface area contributed by atoms with Crippen molar-refractivity contribution < 1.29 is 0 Å². The molecule has 2 aromatic heterocycles. The summed E-state index contributed by atoms with van der Waals surface area (Å²) in [5.74, 6) is 0. The highest BCUT2D eigenvalue weighted by Gasteiger charge is 2.09. The van der Waals surface area contributed by atoms with Crippen molar-refractivity contribution in [1.29, 1.82) is 0 Å². The number of benzene rings is 2. The van der Waals surface area contributed by atoms with Gasteiger partial charge in [-0.3, -0.25) is 0 Å². The summed E-state index contributed by atoms with van der Waals surface area (Å²) in [6.45, 7) is 0. The van der Waals surface area contributed by atoms with E-state index >= 15 is 0 Å². The Bertz CT molecular complexity index is 803. The van der Waals surface area contributed by atoms with E-state index in [9.17, 15) is 0 Å². The number of thiophene rings is 2. The summed E-state index contributed by atoms with van der Waals surface area (Å²) in [5.41, 5.74) is 1.32. The van der Waals surface area contributed by atoms with Crippen molar-refractivity contribution in [3.63, 3.8) is 0 Å². The summed E-state index contributed by atoms with van der Waals surface area (Å²) in [5, 5.41) is 4.80. The highest BCUT2D eigenvalue weighted by molar-refractivity contribution is 7.23. The fraction of sp³-hybridized carbons (Fsp3) is 0. The van der Waals surface area contributed by atoms with E-state index in [1.165, 1.54) is 30.6 Å². The molecule has 0 unspecified atom stereocenters. The van der Waals surface area contributed by atoms with Gasteiger partial charge in [-0.2, -0.15) is 0 Å². The first-order chi connectivity index (χ1) is 8.92. The first kappa shape index (κ1) is 10.3. The van der Waals surface area contributed by atoms with Crippen molar-refractivity contribution in [3.8, 4) is 10.4 Å². The molecule has 0 saturated carbocycles. The molecule has 2 aromatic carbocycles. The third kappa shape index (κ3) is 1.50. The maximum Gasteiger partial charge on any atom is 0.0449 e. The average molecular weight is 265 g/mol. The average Bonchev–Trinajstić information content (AvgIpc) is 3.02. The van der Waals surface area contributed by atoms with Gasteiger partial charge in [0.25, 0.3) is 0 Å². The second-order valence-electron chi connectivity index (χ2n) is 4.20. The van der Waals surface area contributed by atoms with E-state index in [-0.39, 0.29) is 0 Å². The van der Waals surface area contributed by atoms with Gasteiger partial charge in [0.05, 0.1) is 0 Å². The third-order valence-electron chi connectivity index (χ3n) is 3.07. The lowest BCUT2D eigenvalue weighted by Gasteiger charge is -1.93. The second kappa shape index (κ2) is 3.94. The van der Waals surface area contributed by atoms with E-state index in [2.05, 4.69) is 60.0 Å². The van der Waals surface area contributed by atoms with Crippen LogP contribution in [-0.2, 0) is 0 Å². The molecule has 0 saturated heterocycles. The van der Waals surface area contributed by atoms with Crippen LogP contribution in [0.15, 0.2) is 53.9 Å². The van der Waals surface area contributed by atoms with Crippen LogP contribution in [0.1, 0.15) is 0 Å². The van der Waals surface area contributed by atoms with E-state index in [4.69, 9.17) is 0 Å². The zero-order valence-electron chi connectivity index (χ0n) is 9.51. The van der Waals surface area contributed by atoms with Gasteiger partial charge in [-0.15, -0.1) is 22.7 Å². The Hall–Kier alpha value is -1.64. The molecule has 0 atom stereocenters. The van der Waals surface area contributed by atoms with Crippen molar-refractivity contribution in [2.24, 2.45) is 0 Å². The molecular formula is C16H9S2. The first-order valence-corrected chi connectivity index (χ1v) is 7.49. The molecule has 0 spiro atoms. The molecular weight excluding hydrogens is 256 g/mol. The van der Waals surface area contributed by atoms with Crippen LogP contribution in [0, 0.1) is 6.07 Å². The lowest BCUT2D eigenvalue weighted by molar-refractivity contribution is 1.83. The van der Waals surface area contributed by atoms with Gasteiger partial charge in [-0.05, 0) is 12.1 Å². The summed E-state index contributed by atoms with van der Waals surface area (Å²) in [6, 6.07) is 20.5. The Morgan fingerprint density at radius 3 is 2.50 bits per heavy atom. The second-order valence-corrected chi connectivity index (χ2v) is 6.16. The van der Waals surface area contributed by atoms with Crippen LogP contribution in [0.3, 0.4) is 0 Å². The van der Waals surface area contributed by atoms with Crippen LogP contribution in [0.25, 0.3) is 30.6 Å². The summed E-state index contributed by atoms with van der Waals surface area (Å²) >= 11 is 3.63. The van der Waals surface area contributed by atoms with E-state index in [0.29, 0.717) is 0 Å². The minimum Gasteiger partial charge on any atom is -0.143 e. The van der Waals surface area contributed by atoms with Crippen LogP contribution in [0.4, 0.5) is 0 Å². The molecule has 0 N–H and O–H groups in total. The molecule has 0 amide bonds. The van der Waals surface area contributed by atoms with Gasteiger partial charge in [0.1, 0.15) is 0 Å². The van der Waals surface area contributed by atoms with E-state index in [0.717, 1.165) is 0 Å². The molecule has 0 aliphatic heterocycles. The molecule has 4 rings (SSSR count). The van der Waals surface area contributed by atoms with Crippen molar-refractivity contribution in [2.75, 3.05) is 0 Å². The predicted octanol–water partition coefficient (Wildman–Crippen LogP) is 5.58. The van der Waals surface area contributed by atoms with Crippen molar-refractivity contribution in [3.05, 3.63) is 60.0 Å². The Morgan fingerprint density at radius 2 is 1.61 bits per heavy atom. The van der Waals surface area contributed by atoms with Crippen molar-refractivity contribution in [2.45, 2.75) is 0 Å². The monoisotopic (exact) mass is 265 g/mol. The van der Waals surface area contributed by atoms with E-state index in [1.807, 2.05) is 11.3 Å². The molecule has 1 radical (unpaired) electrons. The van der Waals surface area contributed by atoms with Crippen LogP contribution < -0.4 is 0 Å². The molecule has 85 valence electrons. The number of rotatable bonds is 1. The lowest BCUT2D eigenvalue weighted by Crippen LogP contribution is -1.67. The smallest absolute Gasteiger partial charge is 0.0449 e. The lowest BCUT2D eigenvalue weighted by atomic mass is 10.1. The Kier molecular flexibility index (Phi) is 2.25. The summed E-state index contributed by atoms with van der Waals surface area (Å²) in [7, 11) is 0. The number of hydrogen-bond acceptors (Lipinski definition) is 2. The first-order valence-electron chi connectivity index (χ1n) is 5.79. The molecule has 0 aliphatic carbocycles. The quantitative estimate of drug-likeness (QED) is 0.421. The maximum absolute atomic E-state index is 3.52. The topological polar surface area (TPSA) is 0 Å². The molecule has 2 heteroatoms. The van der Waals surface area contributed by atoms with Crippen LogP contribution in [0.2, 0.25) is 0 Å². The molecule has 18 heavy (non-hydrogen) atoms. The van der Waals surface area contributed by atoms with Crippen LogP contribution >= 0.6 is 22.7 Å². The largest absolute Gasteiger partial charge is 0.143 e. The van der Waals surface area contributed by atoms with Gasteiger partial charge in [0, 0.05) is 42.1 Å². The fourth-order valence-corrected chi connectivity index (χ4v) is 4.25. The minimum atomic E-state index is 1.22. The summed E-state index contributed by atoms with van der Waals surface area (Å²) in [4.78, 5) is 1.24. The number of hydrogen-bond donors (Lipinski definition) is 0. The van der Waals surface area contributed by atoms with Gasteiger partial charge < -0.3 is 0 Å². The van der Waals surface area contributed by atoms with Gasteiger partial charge in [-0.1, -0.05) is 36.4 Å².